The molecule has 0 heterocycles. The van der Waals surface area contributed by atoms with Gasteiger partial charge >= 0.3 is 6.03 Å². The first-order valence-electron chi connectivity index (χ1n) is 5.74. The van der Waals surface area contributed by atoms with E-state index in [0.29, 0.717) is 5.92 Å². The van der Waals surface area contributed by atoms with Crippen LogP contribution < -0.4 is 10.6 Å². The average Bonchev–Trinajstić information content (AvgIpc) is 2.22. The summed E-state index contributed by atoms with van der Waals surface area (Å²) in [6.45, 7) is 8.16. The van der Waals surface area contributed by atoms with Gasteiger partial charge in [0.1, 0.15) is 0 Å². The summed E-state index contributed by atoms with van der Waals surface area (Å²) in [5.41, 5.74) is 1.93. The van der Waals surface area contributed by atoms with Crippen LogP contribution in [0.5, 0.6) is 0 Å². The zero-order valence-corrected chi connectivity index (χ0v) is 12.3. The van der Waals surface area contributed by atoms with Crippen LogP contribution in [-0.4, -0.2) is 12.1 Å². The van der Waals surface area contributed by atoms with Crippen LogP contribution in [0.4, 0.5) is 10.5 Å². The number of halogens is 1. The van der Waals surface area contributed by atoms with Crippen LogP contribution in [0, 0.1) is 12.8 Å². The Kier molecular flexibility index (Phi) is 5.00. The molecule has 1 atom stereocenters. The minimum atomic E-state index is -0.171. The lowest BCUT2D eigenvalue weighted by atomic mass is 10.1. The molecule has 1 rings (SSSR count). The number of hydrogen-bond acceptors (Lipinski definition) is 1. The largest absolute Gasteiger partial charge is 0.335 e. The zero-order valence-electron chi connectivity index (χ0n) is 10.7. The number of anilines is 1. The standard InChI is InChI=1S/C13H19BrN2O/c1-8(2)10(4)15-13(17)16-12-6-5-9(3)7-11(12)14/h5-8,10H,1-4H3,(H2,15,16,17). The van der Waals surface area contributed by atoms with E-state index in [1.165, 1.54) is 0 Å². The highest BCUT2D eigenvalue weighted by Gasteiger charge is 2.11. The molecule has 2 amide bonds. The summed E-state index contributed by atoms with van der Waals surface area (Å²) >= 11 is 3.43. The zero-order chi connectivity index (χ0) is 13.0. The van der Waals surface area contributed by atoms with Gasteiger partial charge in [0.15, 0.2) is 0 Å². The minimum absolute atomic E-state index is 0.152. The molecular formula is C13H19BrN2O. The number of urea groups is 1. The fraction of sp³-hybridized carbons (Fsp3) is 0.462. The van der Waals surface area contributed by atoms with Gasteiger partial charge in [-0.15, -0.1) is 0 Å². The van der Waals surface area contributed by atoms with Crippen molar-refractivity contribution in [1.82, 2.24) is 5.32 Å². The molecule has 1 aromatic carbocycles. The second-order valence-corrected chi connectivity index (χ2v) is 5.47. The second-order valence-electron chi connectivity index (χ2n) is 4.61. The first kappa shape index (κ1) is 14.0. The number of hydrogen-bond donors (Lipinski definition) is 2. The molecular weight excluding hydrogens is 280 g/mol. The Balaban J connectivity index is 2.62. The lowest BCUT2D eigenvalue weighted by Gasteiger charge is -2.18. The molecule has 0 spiro atoms. The Morgan fingerprint density at radius 3 is 2.47 bits per heavy atom. The van der Waals surface area contributed by atoms with Crippen LogP contribution in [0.25, 0.3) is 0 Å². The molecule has 0 saturated carbocycles. The monoisotopic (exact) mass is 298 g/mol. The molecule has 0 saturated heterocycles. The maximum Gasteiger partial charge on any atom is 0.319 e. The van der Waals surface area contributed by atoms with Crippen molar-refractivity contribution >= 4 is 27.6 Å². The van der Waals surface area contributed by atoms with Crippen LogP contribution in [0.15, 0.2) is 22.7 Å². The van der Waals surface area contributed by atoms with Gasteiger partial charge < -0.3 is 10.6 Å². The molecule has 0 fully saturated rings. The molecule has 0 bridgehead atoms. The Hall–Kier alpha value is -1.03. The summed E-state index contributed by atoms with van der Waals surface area (Å²) in [4.78, 5) is 11.7. The number of rotatable bonds is 3. The fourth-order valence-electron chi connectivity index (χ4n) is 1.25. The van der Waals surface area contributed by atoms with Crippen molar-refractivity contribution in [2.24, 2.45) is 5.92 Å². The molecule has 94 valence electrons. The first-order valence-corrected chi connectivity index (χ1v) is 6.53. The number of carbonyl (C=O) groups is 1. The first-order chi connectivity index (χ1) is 7.90. The summed E-state index contributed by atoms with van der Waals surface area (Å²) < 4.78 is 0.893. The van der Waals surface area contributed by atoms with Gasteiger partial charge in [0.25, 0.3) is 0 Å². The lowest BCUT2D eigenvalue weighted by molar-refractivity contribution is 0.246. The summed E-state index contributed by atoms with van der Waals surface area (Å²) in [6.07, 6.45) is 0. The maximum atomic E-state index is 11.7. The molecule has 0 aliphatic rings. The number of aryl methyl sites for hydroxylation is 1. The van der Waals surface area contributed by atoms with E-state index in [-0.39, 0.29) is 12.1 Å². The van der Waals surface area contributed by atoms with Gasteiger partial charge in [0.05, 0.1) is 5.69 Å². The normalized spacial score (nSPS) is 12.4. The van der Waals surface area contributed by atoms with E-state index in [4.69, 9.17) is 0 Å². The SMILES string of the molecule is Cc1ccc(NC(=O)NC(C)C(C)C)c(Br)c1. The van der Waals surface area contributed by atoms with E-state index in [1.54, 1.807) is 0 Å². The third-order valence-electron chi connectivity index (χ3n) is 2.73. The van der Waals surface area contributed by atoms with E-state index >= 15 is 0 Å². The minimum Gasteiger partial charge on any atom is -0.335 e. The molecule has 0 aliphatic carbocycles. The average molecular weight is 299 g/mol. The summed E-state index contributed by atoms with van der Waals surface area (Å²) in [7, 11) is 0. The summed E-state index contributed by atoms with van der Waals surface area (Å²) in [6, 6.07) is 5.81. The Bertz CT molecular complexity index is 404. The van der Waals surface area contributed by atoms with Crippen LogP contribution in [0.1, 0.15) is 26.3 Å². The quantitative estimate of drug-likeness (QED) is 0.872. The van der Waals surface area contributed by atoms with E-state index in [9.17, 15) is 4.79 Å². The maximum absolute atomic E-state index is 11.7. The van der Waals surface area contributed by atoms with Crippen molar-refractivity contribution in [2.45, 2.75) is 33.7 Å². The van der Waals surface area contributed by atoms with Crippen LogP contribution in [-0.2, 0) is 0 Å². The number of benzene rings is 1. The van der Waals surface area contributed by atoms with E-state index < -0.39 is 0 Å². The third kappa shape index (κ3) is 4.38. The third-order valence-corrected chi connectivity index (χ3v) is 3.39. The molecule has 2 N–H and O–H groups in total. The van der Waals surface area contributed by atoms with Crippen molar-refractivity contribution in [3.8, 4) is 0 Å². The summed E-state index contributed by atoms with van der Waals surface area (Å²) in [5.74, 6) is 0.419. The van der Waals surface area contributed by atoms with Crippen molar-refractivity contribution in [2.75, 3.05) is 5.32 Å². The van der Waals surface area contributed by atoms with Crippen molar-refractivity contribution in [3.63, 3.8) is 0 Å². The van der Waals surface area contributed by atoms with Crippen molar-refractivity contribution < 1.29 is 4.79 Å². The lowest BCUT2D eigenvalue weighted by Crippen LogP contribution is -2.39. The van der Waals surface area contributed by atoms with Crippen LogP contribution in [0.2, 0.25) is 0 Å². The topological polar surface area (TPSA) is 41.1 Å². The number of carbonyl (C=O) groups excluding carboxylic acids is 1. The number of amides is 2. The Morgan fingerprint density at radius 2 is 1.94 bits per heavy atom. The van der Waals surface area contributed by atoms with Gasteiger partial charge in [-0.25, -0.2) is 4.79 Å². The van der Waals surface area contributed by atoms with Crippen LogP contribution in [0.3, 0.4) is 0 Å². The highest BCUT2D eigenvalue weighted by Crippen LogP contribution is 2.23. The molecule has 3 nitrogen and oxygen atoms in total. The predicted molar refractivity (Wildman–Crippen MR) is 75.3 cm³/mol. The highest BCUT2D eigenvalue weighted by atomic mass is 79.9. The predicted octanol–water partition coefficient (Wildman–Crippen LogP) is 3.92. The molecule has 0 aromatic heterocycles. The van der Waals surface area contributed by atoms with Crippen molar-refractivity contribution in [1.29, 1.82) is 0 Å². The smallest absolute Gasteiger partial charge is 0.319 e. The molecule has 17 heavy (non-hydrogen) atoms. The highest BCUT2D eigenvalue weighted by molar-refractivity contribution is 9.10. The molecule has 1 unspecified atom stereocenters. The number of nitrogens with one attached hydrogen (secondary N) is 2. The van der Waals surface area contributed by atoms with E-state index in [2.05, 4.69) is 40.4 Å². The Morgan fingerprint density at radius 1 is 1.29 bits per heavy atom. The Labute approximate surface area is 111 Å². The fourth-order valence-corrected chi connectivity index (χ4v) is 1.85. The van der Waals surface area contributed by atoms with Gasteiger partial charge in [-0.2, -0.15) is 0 Å². The van der Waals surface area contributed by atoms with Gasteiger partial charge in [-0.1, -0.05) is 19.9 Å². The van der Waals surface area contributed by atoms with E-state index in [0.717, 1.165) is 15.7 Å². The van der Waals surface area contributed by atoms with Crippen LogP contribution >= 0.6 is 15.9 Å². The van der Waals surface area contributed by atoms with Crippen molar-refractivity contribution in [3.05, 3.63) is 28.2 Å². The van der Waals surface area contributed by atoms with E-state index in [1.807, 2.05) is 32.0 Å². The second kappa shape index (κ2) is 6.05. The van der Waals surface area contributed by atoms with Gasteiger partial charge in [0, 0.05) is 10.5 Å². The molecule has 1 aromatic rings. The molecule has 4 heteroatoms. The molecule has 0 radical (unpaired) electrons. The summed E-state index contributed by atoms with van der Waals surface area (Å²) in [5, 5.41) is 5.73. The molecule has 0 aliphatic heterocycles. The van der Waals surface area contributed by atoms with Gasteiger partial charge in [-0.3, -0.25) is 0 Å². The van der Waals surface area contributed by atoms with Gasteiger partial charge in [0.2, 0.25) is 0 Å². The van der Waals surface area contributed by atoms with Gasteiger partial charge in [-0.05, 0) is 53.4 Å².